The second kappa shape index (κ2) is 14.1. The molecule has 0 aliphatic carbocycles. The summed E-state index contributed by atoms with van der Waals surface area (Å²) in [4.78, 5) is 12.5. The highest BCUT2D eigenvalue weighted by Gasteiger charge is 2.34. The van der Waals surface area contributed by atoms with Crippen LogP contribution in [0, 0.1) is 0 Å². The van der Waals surface area contributed by atoms with Crippen molar-refractivity contribution in [1.82, 2.24) is 19.8 Å². The molecule has 1 aromatic rings. The molecule has 13 heteroatoms. The Balaban J connectivity index is 1.45. The molecule has 2 atom stereocenters. The number of nitrogens with one attached hydrogen (secondary N) is 1. The van der Waals surface area contributed by atoms with Crippen molar-refractivity contribution in [2.24, 2.45) is 5.73 Å². The number of hydrogen-bond acceptors (Lipinski definition) is 10. The predicted octanol–water partition coefficient (Wildman–Crippen LogP) is 1.07. The molecular weight excluding hydrogens is 469 g/mol. The number of hydrogen-bond donors (Lipinski definition) is 2. The van der Waals surface area contributed by atoms with E-state index in [-0.39, 0.29) is 37.2 Å². The summed E-state index contributed by atoms with van der Waals surface area (Å²) in [6, 6.07) is 0.617. The van der Waals surface area contributed by atoms with Gasteiger partial charge in [-0.2, -0.15) is 18.2 Å². The summed E-state index contributed by atoms with van der Waals surface area (Å²) in [6.45, 7) is 7.22. The van der Waals surface area contributed by atoms with Gasteiger partial charge in [0.25, 0.3) is 0 Å². The topological polar surface area (TPSA) is 107 Å². The van der Waals surface area contributed by atoms with Crippen LogP contribution in [-0.2, 0) is 20.4 Å². The Labute approximate surface area is 204 Å². The first-order chi connectivity index (χ1) is 16.8. The average molecular weight is 507 g/mol. The van der Waals surface area contributed by atoms with Crippen LogP contribution < -0.4 is 15.8 Å². The molecule has 2 saturated heterocycles. The van der Waals surface area contributed by atoms with Crippen LogP contribution in [0.1, 0.15) is 18.5 Å². The number of halogens is 3. The number of ether oxygens (including phenoxy) is 4. The van der Waals surface area contributed by atoms with Crippen LogP contribution in [-0.4, -0.2) is 118 Å². The van der Waals surface area contributed by atoms with Gasteiger partial charge in [0, 0.05) is 45.3 Å². The van der Waals surface area contributed by atoms with Crippen LogP contribution in [0.25, 0.3) is 0 Å². The predicted molar refractivity (Wildman–Crippen MR) is 124 cm³/mol. The third kappa shape index (κ3) is 10.0. The van der Waals surface area contributed by atoms with E-state index in [4.69, 9.17) is 24.7 Å². The van der Waals surface area contributed by atoms with Crippen molar-refractivity contribution in [2.75, 3.05) is 91.3 Å². The molecule has 0 radical (unpaired) electrons. The Morgan fingerprint density at radius 1 is 1.06 bits per heavy atom. The van der Waals surface area contributed by atoms with E-state index in [1.807, 2.05) is 0 Å². The lowest BCUT2D eigenvalue weighted by molar-refractivity contribution is -0.141. The van der Waals surface area contributed by atoms with E-state index in [9.17, 15) is 13.2 Å². The Morgan fingerprint density at radius 2 is 1.77 bits per heavy atom. The zero-order chi connectivity index (χ0) is 25.1. The van der Waals surface area contributed by atoms with E-state index in [1.165, 1.54) is 0 Å². The summed E-state index contributed by atoms with van der Waals surface area (Å²) in [5.41, 5.74) is 4.26. The quantitative estimate of drug-likeness (QED) is 0.377. The maximum atomic E-state index is 13.4. The van der Waals surface area contributed by atoms with Gasteiger partial charge >= 0.3 is 6.18 Å². The molecule has 35 heavy (non-hydrogen) atoms. The summed E-state index contributed by atoms with van der Waals surface area (Å²) in [6.07, 6.45) is -2.92. The van der Waals surface area contributed by atoms with Crippen LogP contribution in [0.4, 0.5) is 19.1 Å². The number of rotatable bonds is 13. The van der Waals surface area contributed by atoms with Gasteiger partial charge < -0.3 is 34.9 Å². The molecule has 3 N–H and O–H groups in total. The van der Waals surface area contributed by atoms with E-state index >= 15 is 0 Å². The van der Waals surface area contributed by atoms with Gasteiger partial charge in [-0.25, -0.2) is 4.98 Å². The van der Waals surface area contributed by atoms with Gasteiger partial charge in [-0.05, 0) is 19.9 Å². The van der Waals surface area contributed by atoms with Crippen molar-refractivity contribution >= 4 is 5.95 Å². The van der Waals surface area contributed by atoms with Gasteiger partial charge in [0.2, 0.25) is 11.8 Å². The lowest BCUT2D eigenvalue weighted by atomic mass is 10.0. The van der Waals surface area contributed by atoms with Gasteiger partial charge in [0.05, 0.1) is 45.2 Å². The minimum absolute atomic E-state index is 0.0468. The van der Waals surface area contributed by atoms with E-state index in [2.05, 4.69) is 32.1 Å². The highest BCUT2D eigenvalue weighted by atomic mass is 19.4. The van der Waals surface area contributed by atoms with Crippen molar-refractivity contribution in [3.05, 3.63) is 11.8 Å². The molecule has 200 valence electrons. The number of aromatic nitrogens is 2. The molecule has 0 aromatic carbocycles. The fourth-order valence-electron chi connectivity index (χ4n) is 3.88. The van der Waals surface area contributed by atoms with Crippen LogP contribution in [0.5, 0.6) is 5.88 Å². The molecule has 0 saturated carbocycles. The lowest BCUT2D eigenvalue weighted by Crippen LogP contribution is -2.48. The van der Waals surface area contributed by atoms with Crippen LogP contribution in [0.15, 0.2) is 6.07 Å². The first kappa shape index (κ1) is 27.8. The van der Waals surface area contributed by atoms with Crippen LogP contribution in [0.2, 0.25) is 0 Å². The van der Waals surface area contributed by atoms with E-state index < -0.39 is 11.9 Å². The molecule has 2 aliphatic heterocycles. The highest BCUT2D eigenvalue weighted by molar-refractivity contribution is 5.33. The standard InChI is InChI=1S/C22H37F3N6O4/c1-30-5-7-31(8-6-30)15-18-3-2-17(16-35-18)27-21-28-19(22(23,24)25)14-20(29-21)34-13-12-33-11-10-32-9-4-26/h14,17-18H,2-13,15-16,26H2,1H3,(H,27,28,29)/t17-,18+/m0/s1. The van der Waals surface area contributed by atoms with E-state index in [1.54, 1.807) is 0 Å². The van der Waals surface area contributed by atoms with E-state index in [0.29, 0.717) is 33.0 Å². The molecule has 0 bridgehead atoms. The van der Waals surface area contributed by atoms with Gasteiger partial charge in [0.15, 0.2) is 5.69 Å². The van der Waals surface area contributed by atoms with Crippen molar-refractivity contribution in [2.45, 2.75) is 31.2 Å². The number of alkyl halides is 3. The molecular formula is C22H37F3N6O4. The Bertz CT molecular complexity index is 744. The second-order valence-corrected chi connectivity index (χ2v) is 8.75. The fraction of sp³-hybridized carbons (Fsp3) is 0.818. The summed E-state index contributed by atoms with van der Waals surface area (Å²) >= 11 is 0. The van der Waals surface area contributed by atoms with Gasteiger partial charge in [-0.3, -0.25) is 4.90 Å². The first-order valence-electron chi connectivity index (χ1n) is 12.1. The molecule has 3 rings (SSSR count). The minimum Gasteiger partial charge on any atom is -0.475 e. The minimum atomic E-state index is -4.62. The average Bonchev–Trinajstić information content (AvgIpc) is 2.83. The summed E-state index contributed by atoms with van der Waals surface area (Å²) < 4.78 is 62.0. The number of nitrogens with zero attached hydrogens (tertiary/aromatic N) is 4. The maximum Gasteiger partial charge on any atom is 0.433 e. The van der Waals surface area contributed by atoms with Crippen molar-refractivity contribution in [1.29, 1.82) is 0 Å². The molecule has 10 nitrogen and oxygen atoms in total. The molecule has 2 fully saturated rings. The smallest absolute Gasteiger partial charge is 0.433 e. The molecule has 1 aromatic heterocycles. The third-order valence-electron chi connectivity index (χ3n) is 5.87. The van der Waals surface area contributed by atoms with Crippen LogP contribution >= 0.6 is 0 Å². The number of nitrogens with two attached hydrogens (primary N) is 1. The molecule has 2 aliphatic rings. The molecule has 3 heterocycles. The molecule has 0 unspecified atom stereocenters. The second-order valence-electron chi connectivity index (χ2n) is 8.75. The zero-order valence-electron chi connectivity index (χ0n) is 20.3. The Morgan fingerprint density at radius 3 is 2.43 bits per heavy atom. The van der Waals surface area contributed by atoms with Crippen LogP contribution in [0.3, 0.4) is 0 Å². The highest BCUT2D eigenvalue weighted by Crippen LogP contribution is 2.30. The van der Waals surface area contributed by atoms with Gasteiger partial charge in [0.1, 0.15) is 6.61 Å². The maximum absolute atomic E-state index is 13.4. The van der Waals surface area contributed by atoms with Crippen molar-refractivity contribution in [3.8, 4) is 5.88 Å². The third-order valence-corrected chi connectivity index (χ3v) is 5.87. The largest absolute Gasteiger partial charge is 0.475 e. The monoisotopic (exact) mass is 506 g/mol. The fourth-order valence-corrected chi connectivity index (χ4v) is 3.88. The number of likely N-dealkylation sites (N-methyl/N-ethyl adjacent to an activating group) is 1. The molecule has 0 spiro atoms. The summed E-state index contributed by atoms with van der Waals surface area (Å²) in [5.74, 6) is -0.292. The van der Waals surface area contributed by atoms with Crippen molar-refractivity contribution < 1.29 is 32.1 Å². The lowest BCUT2D eigenvalue weighted by Gasteiger charge is -2.37. The zero-order valence-corrected chi connectivity index (χ0v) is 20.3. The summed E-state index contributed by atoms with van der Waals surface area (Å²) in [7, 11) is 2.12. The molecule has 0 amide bonds. The van der Waals surface area contributed by atoms with Crippen molar-refractivity contribution in [3.63, 3.8) is 0 Å². The normalized spacial score (nSPS) is 22.3. The first-order valence-corrected chi connectivity index (χ1v) is 12.1. The Kier molecular flexibility index (Phi) is 11.2. The van der Waals surface area contributed by atoms with Gasteiger partial charge in [-0.15, -0.1) is 0 Å². The number of anilines is 1. The SMILES string of the molecule is CN1CCN(C[C@H]2CC[C@H](Nc3nc(OCCOCCOCCN)cc(C(F)(F)F)n3)CO2)CC1. The summed E-state index contributed by atoms with van der Waals surface area (Å²) in [5, 5.41) is 2.99. The number of piperazine rings is 1. The Hall–Kier alpha value is -1.77. The van der Waals surface area contributed by atoms with Gasteiger partial charge in [-0.1, -0.05) is 0 Å². The van der Waals surface area contributed by atoms with E-state index in [0.717, 1.165) is 51.6 Å².